The van der Waals surface area contributed by atoms with E-state index in [9.17, 15) is 0 Å². The van der Waals surface area contributed by atoms with Gasteiger partial charge in [-0.2, -0.15) is 5.10 Å². The van der Waals surface area contributed by atoms with Crippen molar-refractivity contribution in [1.82, 2.24) is 15.1 Å². The summed E-state index contributed by atoms with van der Waals surface area (Å²) in [5, 5.41) is 7.87. The van der Waals surface area contributed by atoms with Gasteiger partial charge in [0.1, 0.15) is 0 Å². The molecular formula is C14H27N3O. The molecule has 4 heteroatoms. The minimum Gasteiger partial charge on any atom is -0.493 e. The van der Waals surface area contributed by atoms with E-state index in [-0.39, 0.29) is 6.04 Å². The van der Waals surface area contributed by atoms with Crippen LogP contribution >= 0.6 is 0 Å². The van der Waals surface area contributed by atoms with Crippen LogP contribution in [-0.2, 0) is 0 Å². The Labute approximate surface area is 111 Å². The lowest BCUT2D eigenvalue weighted by molar-refractivity contribution is 0.331. The molecule has 4 nitrogen and oxygen atoms in total. The third kappa shape index (κ3) is 3.05. The van der Waals surface area contributed by atoms with E-state index in [1.54, 1.807) is 7.11 Å². The first-order valence-corrected chi connectivity index (χ1v) is 6.85. The molecule has 104 valence electrons. The Hall–Kier alpha value is -1.03. The monoisotopic (exact) mass is 253 g/mol. The third-order valence-corrected chi connectivity index (χ3v) is 3.43. The van der Waals surface area contributed by atoms with Crippen LogP contribution in [-0.4, -0.2) is 23.9 Å². The lowest BCUT2D eigenvalue weighted by atomic mass is 9.94. The predicted octanol–water partition coefficient (Wildman–Crippen LogP) is 3.17. The highest BCUT2D eigenvalue weighted by atomic mass is 16.5. The van der Waals surface area contributed by atoms with Crippen molar-refractivity contribution >= 4 is 0 Å². The van der Waals surface area contributed by atoms with E-state index in [0.717, 1.165) is 11.4 Å². The van der Waals surface area contributed by atoms with E-state index < -0.39 is 0 Å². The van der Waals surface area contributed by atoms with Crippen LogP contribution in [0.4, 0.5) is 0 Å². The summed E-state index contributed by atoms with van der Waals surface area (Å²) in [4.78, 5) is 0. The van der Waals surface area contributed by atoms with Crippen LogP contribution in [0.25, 0.3) is 0 Å². The van der Waals surface area contributed by atoms with Gasteiger partial charge in [0.15, 0.2) is 5.75 Å². The number of hydrogen-bond donors (Lipinski definition) is 1. The van der Waals surface area contributed by atoms with Gasteiger partial charge >= 0.3 is 0 Å². The number of nitrogens with zero attached hydrogens (tertiary/aromatic N) is 2. The molecule has 2 unspecified atom stereocenters. The standard InChI is InChI=1S/C14H27N3O/c1-7-8-11(4)13(15-5)14-12(18-6)9-16-17(14)10(2)3/h9-11,13,15H,7-8H2,1-6H3. The van der Waals surface area contributed by atoms with Crippen LogP contribution in [0.1, 0.15) is 58.3 Å². The lowest BCUT2D eigenvalue weighted by Gasteiger charge is -2.26. The second-order valence-corrected chi connectivity index (χ2v) is 5.17. The fourth-order valence-electron chi connectivity index (χ4n) is 2.53. The second kappa shape index (κ2) is 6.78. The highest BCUT2D eigenvalue weighted by molar-refractivity contribution is 5.29. The number of hydrogen-bond acceptors (Lipinski definition) is 3. The zero-order chi connectivity index (χ0) is 13.7. The number of ether oxygens (including phenoxy) is 1. The summed E-state index contributed by atoms with van der Waals surface area (Å²) in [5.41, 5.74) is 1.16. The van der Waals surface area contributed by atoms with Gasteiger partial charge in [0.25, 0.3) is 0 Å². The number of methoxy groups -OCH3 is 1. The highest BCUT2D eigenvalue weighted by Crippen LogP contribution is 2.33. The van der Waals surface area contributed by atoms with Gasteiger partial charge in [-0.15, -0.1) is 0 Å². The molecule has 0 fully saturated rings. The number of aromatic nitrogens is 2. The van der Waals surface area contributed by atoms with Crippen LogP contribution in [0.15, 0.2) is 6.20 Å². The van der Waals surface area contributed by atoms with Crippen molar-refractivity contribution < 1.29 is 4.74 Å². The average Bonchev–Trinajstić information content (AvgIpc) is 2.74. The predicted molar refractivity (Wildman–Crippen MR) is 75.0 cm³/mol. The molecule has 1 N–H and O–H groups in total. The molecule has 0 aromatic carbocycles. The molecule has 0 saturated carbocycles. The van der Waals surface area contributed by atoms with Gasteiger partial charge in [0, 0.05) is 6.04 Å². The Kier molecular flexibility index (Phi) is 5.66. The van der Waals surface area contributed by atoms with Gasteiger partial charge in [-0.3, -0.25) is 4.68 Å². The van der Waals surface area contributed by atoms with E-state index in [1.165, 1.54) is 12.8 Å². The zero-order valence-corrected chi connectivity index (χ0v) is 12.5. The molecule has 0 bridgehead atoms. The van der Waals surface area contributed by atoms with Gasteiger partial charge in [-0.25, -0.2) is 0 Å². The Balaban J connectivity index is 3.13. The topological polar surface area (TPSA) is 39.1 Å². The molecular weight excluding hydrogens is 226 g/mol. The largest absolute Gasteiger partial charge is 0.493 e. The zero-order valence-electron chi connectivity index (χ0n) is 12.5. The van der Waals surface area contributed by atoms with Crippen LogP contribution in [0.5, 0.6) is 5.75 Å². The van der Waals surface area contributed by atoms with E-state index in [2.05, 4.69) is 42.8 Å². The van der Waals surface area contributed by atoms with Gasteiger partial charge in [0.05, 0.1) is 25.0 Å². The summed E-state index contributed by atoms with van der Waals surface area (Å²) in [5.74, 6) is 1.44. The lowest BCUT2D eigenvalue weighted by Crippen LogP contribution is -2.27. The van der Waals surface area contributed by atoms with Crippen molar-refractivity contribution in [2.75, 3.05) is 14.2 Å². The Bertz CT molecular complexity index is 360. The molecule has 0 spiro atoms. The molecule has 0 radical (unpaired) electrons. The average molecular weight is 253 g/mol. The molecule has 2 atom stereocenters. The maximum Gasteiger partial charge on any atom is 0.161 e. The Morgan fingerprint density at radius 3 is 2.50 bits per heavy atom. The minimum absolute atomic E-state index is 0.282. The molecule has 18 heavy (non-hydrogen) atoms. The fraction of sp³-hybridized carbons (Fsp3) is 0.786. The third-order valence-electron chi connectivity index (χ3n) is 3.43. The van der Waals surface area contributed by atoms with E-state index in [0.29, 0.717) is 12.0 Å². The first-order chi connectivity index (χ1) is 8.56. The molecule has 0 aliphatic heterocycles. The van der Waals surface area contributed by atoms with Crippen LogP contribution in [0, 0.1) is 5.92 Å². The van der Waals surface area contributed by atoms with Gasteiger partial charge in [0.2, 0.25) is 0 Å². The van der Waals surface area contributed by atoms with Crippen LogP contribution in [0.2, 0.25) is 0 Å². The first kappa shape index (κ1) is 15.0. The van der Waals surface area contributed by atoms with Crippen molar-refractivity contribution in [1.29, 1.82) is 0 Å². The Morgan fingerprint density at radius 1 is 1.39 bits per heavy atom. The highest BCUT2D eigenvalue weighted by Gasteiger charge is 2.26. The van der Waals surface area contributed by atoms with E-state index in [1.807, 2.05) is 13.2 Å². The molecule has 0 amide bonds. The summed E-state index contributed by atoms with van der Waals surface area (Å²) in [6.45, 7) is 8.79. The van der Waals surface area contributed by atoms with E-state index in [4.69, 9.17) is 4.74 Å². The molecule has 1 rings (SSSR count). The summed E-state index contributed by atoms with van der Waals surface area (Å²) in [6, 6.07) is 0.623. The summed E-state index contributed by atoms with van der Waals surface area (Å²) >= 11 is 0. The van der Waals surface area contributed by atoms with E-state index >= 15 is 0 Å². The van der Waals surface area contributed by atoms with Crippen LogP contribution in [0.3, 0.4) is 0 Å². The maximum absolute atomic E-state index is 5.46. The fourth-order valence-corrected chi connectivity index (χ4v) is 2.53. The molecule has 1 aromatic rings. The van der Waals surface area contributed by atoms with Crippen molar-refractivity contribution in [2.45, 2.75) is 52.6 Å². The van der Waals surface area contributed by atoms with Crippen molar-refractivity contribution in [3.8, 4) is 5.75 Å². The second-order valence-electron chi connectivity index (χ2n) is 5.17. The Morgan fingerprint density at radius 2 is 2.06 bits per heavy atom. The number of nitrogens with one attached hydrogen (secondary N) is 1. The van der Waals surface area contributed by atoms with Gasteiger partial charge in [-0.1, -0.05) is 20.3 Å². The smallest absolute Gasteiger partial charge is 0.161 e. The normalized spacial score (nSPS) is 14.8. The molecule has 0 saturated heterocycles. The van der Waals surface area contributed by atoms with Gasteiger partial charge < -0.3 is 10.1 Å². The molecule has 1 aromatic heterocycles. The molecule has 1 heterocycles. The van der Waals surface area contributed by atoms with Crippen molar-refractivity contribution in [2.24, 2.45) is 5.92 Å². The molecule has 0 aliphatic rings. The minimum atomic E-state index is 0.282. The molecule has 0 aliphatic carbocycles. The summed E-state index contributed by atoms with van der Waals surface area (Å²) in [6.07, 6.45) is 4.20. The number of rotatable bonds is 7. The SMILES string of the molecule is CCCC(C)C(NC)c1c(OC)cnn1C(C)C. The van der Waals surface area contributed by atoms with Crippen LogP contribution < -0.4 is 10.1 Å². The quantitative estimate of drug-likeness (QED) is 0.811. The summed E-state index contributed by atoms with van der Waals surface area (Å²) in [7, 11) is 3.72. The maximum atomic E-state index is 5.46. The van der Waals surface area contributed by atoms with Crippen molar-refractivity contribution in [3.63, 3.8) is 0 Å². The first-order valence-electron chi connectivity index (χ1n) is 6.85. The van der Waals surface area contributed by atoms with Gasteiger partial charge in [-0.05, 0) is 33.2 Å². The summed E-state index contributed by atoms with van der Waals surface area (Å²) < 4.78 is 7.53. The van der Waals surface area contributed by atoms with Crippen molar-refractivity contribution in [3.05, 3.63) is 11.9 Å².